The molecule has 0 bridgehead atoms. The van der Waals surface area contributed by atoms with Gasteiger partial charge in [-0.15, -0.1) is 0 Å². The standard InChI is InChI=1S/C35H39N3O6/c1-5-37(6-2)25-14-11-22(12-15-25)35-34-27(19-24(20-29(34)39)23-13-16-30(43-3)31(21-23)44-4)36-26-9-7-8-10-28(26)38(35)32(40)17-18-33(41)42/h7-16,21,24,35-36H,5-6,17-20H2,1-4H3,(H,41,42)/t24-,35-/m1/s1. The van der Waals surface area contributed by atoms with E-state index in [1.165, 1.54) is 0 Å². The molecule has 2 N–H and O–H groups in total. The predicted octanol–water partition coefficient (Wildman–Crippen LogP) is 6.32. The Balaban J connectivity index is 1.65. The van der Waals surface area contributed by atoms with Gasteiger partial charge in [-0.1, -0.05) is 30.3 Å². The van der Waals surface area contributed by atoms with Crippen LogP contribution in [0.2, 0.25) is 0 Å². The Bertz CT molecular complexity index is 1580. The number of carboxylic acids is 1. The number of aliphatic carboxylic acids is 1. The average molecular weight is 598 g/mol. The van der Waals surface area contributed by atoms with Gasteiger partial charge in [0, 0.05) is 42.9 Å². The third-order valence-corrected chi connectivity index (χ3v) is 8.53. The summed E-state index contributed by atoms with van der Waals surface area (Å²) in [4.78, 5) is 43.5. The highest BCUT2D eigenvalue weighted by Gasteiger charge is 2.41. The molecule has 9 heteroatoms. The van der Waals surface area contributed by atoms with Gasteiger partial charge in [0.25, 0.3) is 0 Å². The zero-order valence-corrected chi connectivity index (χ0v) is 25.6. The number of Topliss-reactive ketones (excluding diaryl/α,β-unsaturated/α-hetero) is 1. The van der Waals surface area contributed by atoms with E-state index in [-0.39, 0.29) is 36.9 Å². The molecular weight excluding hydrogens is 558 g/mol. The summed E-state index contributed by atoms with van der Waals surface area (Å²) in [7, 11) is 3.17. The third kappa shape index (κ3) is 6.00. The number of para-hydroxylation sites is 2. The second-order valence-corrected chi connectivity index (χ2v) is 11.0. The van der Waals surface area contributed by atoms with Crippen molar-refractivity contribution in [3.63, 3.8) is 0 Å². The minimum Gasteiger partial charge on any atom is -0.493 e. The fraction of sp³-hybridized carbons (Fsp3) is 0.343. The number of allylic oxidation sites excluding steroid dienone is 1. The first kappa shape index (κ1) is 30.7. The number of benzene rings is 3. The van der Waals surface area contributed by atoms with Crippen LogP contribution in [0.25, 0.3) is 0 Å². The van der Waals surface area contributed by atoms with E-state index in [4.69, 9.17) is 9.47 Å². The summed E-state index contributed by atoms with van der Waals surface area (Å²) in [6.07, 6.45) is 0.288. The van der Waals surface area contributed by atoms with E-state index < -0.39 is 12.0 Å². The van der Waals surface area contributed by atoms with Gasteiger partial charge in [-0.2, -0.15) is 0 Å². The number of rotatable bonds is 10. The fourth-order valence-electron chi connectivity index (χ4n) is 6.31. The number of anilines is 3. The van der Waals surface area contributed by atoms with Crippen molar-refractivity contribution in [2.24, 2.45) is 0 Å². The largest absolute Gasteiger partial charge is 0.493 e. The van der Waals surface area contributed by atoms with E-state index in [0.29, 0.717) is 34.9 Å². The third-order valence-electron chi connectivity index (χ3n) is 8.53. The molecular formula is C35H39N3O6. The van der Waals surface area contributed by atoms with E-state index >= 15 is 0 Å². The number of amides is 1. The smallest absolute Gasteiger partial charge is 0.303 e. The quantitative estimate of drug-likeness (QED) is 0.280. The zero-order chi connectivity index (χ0) is 31.4. The average Bonchev–Trinajstić information content (AvgIpc) is 3.19. The molecule has 0 aromatic heterocycles. The number of ketones is 1. The Labute approximate surface area is 258 Å². The summed E-state index contributed by atoms with van der Waals surface area (Å²) < 4.78 is 11.0. The molecule has 0 saturated heterocycles. The SMILES string of the molecule is CCN(CC)c1ccc([C@@H]2C3=C(C[C@@H](c4ccc(OC)c(OC)c4)CC3=O)Nc3ccccc3N2C(=O)CCC(=O)O)cc1. The van der Waals surface area contributed by atoms with E-state index in [1.807, 2.05) is 66.7 Å². The van der Waals surface area contributed by atoms with Crippen molar-refractivity contribution in [2.75, 3.05) is 42.4 Å². The van der Waals surface area contributed by atoms with Crippen molar-refractivity contribution in [2.45, 2.75) is 51.5 Å². The van der Waals surface area contributed by atoms with E-state index in [1.54, 1.807) is 19.1 Å². The Hall–Kier alpha value is -4.79. The lowest BCUT2D eigenvalue weighted by Crippen LogP contribution is -2.38. The number of hydrogen-bond acceptors (Lipinski definition) is 7. The minimum atomic E-state index is -1.05. The lowest BCUT2D eigenvalue weighted by molar-refractivity contribution is -0.138. The van der Waals surface area contributed by atoms with Gasteiger partial charge in [0.1, 0.15) is 0 Å². The summed E-state index contributed by atoms with van der Waals surface area (Å²) >= 11 is 0. The fourth-order valence-corrected chi connectivity index (χ4v) is 6.31. The minimum absolute atomic E-state index is 0.0693. The molecule has 1 amide bonds. The summed E-state index contributed by atoms with van der Waals surface area (Å²) in [6.45, 7) is 5.89. The number of hydrogen-bond donors (Lipinski definition) is 2. The molecule has 1 aliphatic carbocycles. The number of carbonyl (C=O) groups excluding carboxylic acids is 2. The number of nitrogens with one attached hydrogen (secondary N) is 1. The number of carbonyl (C=O) groups is 3. The summed E-state index contributed by atoms with van der Waals surface area (Å²) in [5.41, 5.74) is 5.35. The molecule has 3 aromatic carbocycles. The van der Waals surface area contributed by atoms with Crippen LogP contribution < -0.4 is 24.6 Å². The maximum absolute atomic E-state index is 14.3. The molecule has 1 aliphatic heterocycles. The molecule has 0 fully saturated rings. The Morgan fingerprint density at radius 3 is 2.25 bits per heavy atom. The number of methoxy groups -OCH3 is 2. The molecule has 0 saturated carbocycles. The lowest BCUT2D eigenvalue weighted by atomic mass is 9.78. The first-order valence-electron chi connectivity index (χ1n) is 15.0. The summed E-state index contributed by atoms with van der Waals surface area (Å²) in [5.74, 6) is -0.392. The molecule has 2 aliphatic rings. The Morgan fingerprint density at radius 1 is 0.909 bits per heavy atom. The first-order chi connectivity index (χ1) is 21.3. The van der Waals surface area contributed by atoms with Gasteiger partial charge in [0.2, 0.25) is 5.91 Å². The van der Waals surface area contributed by atoms with Crippen LogP contribution >= 0.6 is 0 Å². The van der Waals surface area contributed by atoms with Gasteiger partial charge < -0.3 is 24.8 Å². The highest BCUT2D eigenvalue weighted by molar-refractivity contribution is 6.06. The highest BCUT2D eigenvalue weighted by Crippen LogP contribution is 2.48. The molecule has 9 nitrogen and oxygen atoms in total. The number of nitrogens with zero attached hydrogens (tertiary/aromatic N) is 2. The number of carboxylic acid groups (broad SMARTS) is 1. The van der Waals surface area contributed by atoms with E-state index in [9.17, 15) is 19.5 Å². The van der Waals surface area contributed by atoms with Gasteiger partial charge in [0.15, 0.2) is 17.3 Å². The zero-order valence-electron chi connectivity index (χ0n) is 25.6. The molecule has 2 atom stereocenters. The van der Waals surface area contributed by atoms with Crippen LogP contribution in [0.3, 0.4) is 0 Å². The molecule has 3 aromatic rings. The molecule has 0 spiro atoms. The van der Waals surface area contributed by atoms with E-state index in [0.717, 1.165) is 35.6 Å². The topological polar surface area (TPSA) is 108 Å². The summed E-state index contributed by atoms with van der Waals surface area (Å²) in [5, 5.41) is 12.9. The van der Waals surface area contributed by atoms with Crippen molar-refractivity contribution in [3.8, 4) is 11.5 Å². The second kappa shape index (κ2) is 13.2. The van der Waals surface area contributed by atoms with Crippen LogP contribution in [0.5, 0.6) is 11.5 Å². The van der Waals surface area contributed by atoms with Crippen LogP contribution in [0.15, 0.2) is 78.0 Å². The Morgan fingerprint density at radius 2 is 1.59 bits per heavy atom. The molecule has 5 rings (SSSR count). The highest BCUT2D eigenvalue weighted by atomic mass is 16.5. The number of ether oxygens (including phenoxy) is 2. The van der Waals surface area contributed by atoms with Crippen LogP contribution in [0.1, 0.15) is 62.6 Å². The van der Waals surface area contributed by atoms with Gasteiger partial charge in [-0.05, 0) is 73.7 Å². The van der Waals surface area contributed by atoms with Crippen molar-refractivity contribution in [1.29, 1.82) is 0 Å². The van der Waals surface area contributed by atoms with Crippen molar-refractivity contribution < 1.29 is 29.0 Å². The molecule has 44 heavy (non-hydrogen) atoms. The van der Waals surface area contributed by atoms with Crippen LogP contribution in [-0.2, 0) is 14.4 Å². The van der Waals surface area contributed by atoms with Crippen LogP contribution in [-0.4, -0.2) is 50.1 Å². The van der Waals surface area contributed by atoms with Gasteiger partial charge in [-0.3, -0.25) is 19.3 Å². The first-order valence-corrected chi connectivity index (χ1v) is 15.0. The van der Waals surface area contributed by atoms with E-state index in [2.05, 4.69) is 24.1 Å². The molecule has 230 valence electrons. The molecule has 0 unspecified atom stereocenters. The maximum Gasteiger partial charge on any atom is 0.303 e. The van der Waals surface area contributed by atoms with Crippen LogP contribution in [0.4, 0.5) is 17.1 Å². The monoisotopic (exact) mass is 597 g/mol. The Kier molecular flexibility index (Phi) is 9.23. The summed E-state index contributed by atoms with van der Waals surface area (Å²) in [6, 6.07) is 20.4. The normalized spacial score (nSPS) is 17.6. The molecule has 0 radical (unpaired) electrons. The van der Waals surface area contributed by atoms with Gasteiger partial charge >= 0.3 is 5.97 Å². The van der Waals surface area contributed by atoms with Crippen LogP contribution in [0, 0.1) is 0 Å². The second-order valence-electron chi connectivity index (χ2n) is 11.0. The molecule has 1 heterocycles. The maximum atomic E-state index is 14.3. The lowest BCUT2D eigenvalue weighted by Gasteiger charge is -2.35. The van der Waals surface area contributed by atoms with Gasteiger partial charge in [-0.25, -0.2) is 0 Å². The van der Waals surface area contributed by atoms with Crippen molar-refractivity contribution in [3.05, 3.63) is 89.1 Å². The predicted molar refractivity (Wildman–Crippen MR) is 171 cm³/mol. The number of fused-ring (bicyclic) bond motifs is 1. The van der Waals surface area contributed by atoms with Crippen molar-refractivity contribution in [1.82, 2.24) is 0 Å². The van der Waals surface area contributed by atoms with Gasteiger partial charge in [0.05, 0.1) is 38.1 Å². The van der Waals surface area contributed by atoms with Crippen molar-refractivity contribution >= 4 is 34.7 Å².